The van der Waals surface area contributed by atoms with Crippen LogP contribution >= 0.6 is 0 Å². The second-order valence-corrected chi connectivity index (χ2v) is 4.96. The van der Waals surface area contributed by atoms with Crippen LogP contribution in [-0.2, 0) is 9.59 Å². The Morgan fingerprint density at radius 1 is 1.24 bits per heavy atom. The second-order valence-electron chi connectivity index (χ2n) is 4.96. The van der Waals surface area contributed by atoms with E-state index >= 15 is 0 Å². The molecule has 1 aliphatic heterocycles. The third kappa shape index (κ3) is 4.73. The Morgan fingerprint density at radius 3 is 2.29 bits per heavy atom. The Hall–Kier alpha value is -1.10. The molecule has 0 bridgehead atoms. The summed E-state index contributed by atoms with van der Waals surface area (Å²) in [4.78, 5) is 24.7. The predicted molar refractivity (Wildman–Crippen MR) is 64.7 cm³/mol. The zero-order chi connectivity index (χ0) is 12.8. The summed E-state index contributed by atoms with van der Waals surface area (Å²) in [6, 6.07) is -0.785. The molecule has 0 aromatic carbocycles. The number of piperidine rings is 1. The van der Waals surface area contributed by atoms with Gasteiger partial charge in [0.2, 0.25) is 5.91 Å². The summed E-state index contributed by atoms with van der Waals surface area (Å²) in [6.07, 6.45) is 3.47. The van der Waals surface area contributed by atoms with E-state index in [1.807, 2.05) is 0 Å². The monoisotopic (exact) mass is 242 g/mol. The van der Waals surface area contributed by atoms with Crippen molar-refractivity contribution in [2.45, 2.75) is 39.2 Å². The van der Waals surface area contributed by atoms with E-state index in [0.717, 1.165) is 25.9 Å². The largest absolute Gasteiger partial charge is 0.480 e. The number of nitrogens with zero attached hydrogens (tertiary/aromatic N) is 1. The van der Waals surface area contributed by atoms with Crippen molar-refractivity contribution >= 4 is 11.9 Å². The van der Waals surface area contributed by atoms with Crippen LogP contribution in [0.5, 0.6) is 0 Å². The highest BCUT2D eigenvalue weighted by Gasteiger charge is 2.24. The van der Waals surface area contributed by atoms with Crippen molar-refractivity contribution in [2.24, 2.45) is 5.92 Å². The van der Waals surface area contributed by atoms with Crippen molar-refractivity contribution in [2.75, 3.05) is 19.6 Å². The number of aliphatic carboxylic acids is 1. The third-order valence-corrected chi connectivity index (χ3v) is 3.07. The number of hydrogen-bond acceptors (Lipinski definition) is 3. The number of carboxylic acid groups (broad SMARTS) is 1. The topological polar surface area (TPSA) is 69.6 Å². The number of carbonyl (C=O) groups excluding carboxylic acids is 1. The third-order valence-electron chi connectivity index (χ3n) is 3.07. The van der Waals surface area contributed by atoms with Crippen molar-refractivity contribution in [1.29, 1.82) is 0 Å². The summed E-state index contributed by atoms with van der Waals surface area (Å²) in [7, 11) is 0. The molecule has 1 fully saturated rings. The first-order valence-electron chi connectivity index (χ1n) is 6.25. The molecular weight excluding hydrogens is 220 g/mol. The first kappa shape index (κ1) is 14.0. The fourth-order valence-electron chi connectivity index (χ4n) is 2.05. The van der Waals surface area contributed by atoms with Crippen molar-refractivity contribution in [3.63, 3.8) is 0 Å². The summed E-state index contributed by atoms with van der Waals surface area (Å²) < 4.78 is 0. The Morgan fingerprint density at radius 2 is 1.82 bits per heavy atom. The number of amides is 1. The van der Waals surface area contributed by atoms with Gasteiger partial charge in [-0.1, -0.05) is 20.3 Å². The van der Waals surface area contributed by atoms with Gasteiger partial charge in [-0.05, 0) is 31.8 Å². The normalized spacial score (nSPS) is 19.0. The number of rotatable bonds is 5. The molecule has 0 radical (unpaired) electrons. The van der Waals surface area contributed by atoms with Crippen LogP contribution in [0.25, 0.3) is 0 Å². The van der Waals surface area contributed by atoms with Crippen LogP contribution in [0.2, 0.25) is 0 Å². The van der Waals surface area contributed by atoms with Gasteiger partial charge in [0.25, 0.3) is 0 Å². The lowest BCUT2D eigenvalue weighted by molar-refractivity contribution is -0.143. The second kappa shape index (κ2) is 6.59. The van der Waals surface area contributed by atoms with Gasteiger partial charge in [0.05, 0.1) is 6.54 Å². The van der Waals surface area contributed by atoms with Gasteiger partial charge < -0.3 is 10.4 Å². The molecule has 1 atom stereocenters. The van der Waals surface area contributed by atoms with Crippen LogP contribution in [0.15, 0.2) is 0 Å². The van der Waals surface area contributed by atoms with E-state index in [1.165, 1.54) is 6.42 Å². The molecule has 1 rings (SSSR count). The van der Waals surface area contributed by atoms with Crippen molar-refractivity contribution in [1.82, 2.24) is 10.2 Å². The van der Waals surface area contributed by atoms with E-state index in [9.17, 15) is 9.59 Å². The smallest absolute Gasteiger partial charge is 0.326 e. The van der Waals surface area contributed by atoms with E-state index in [0.29, 0.717) is 6.54 Å². The maximum atomic E-state index is 11.7. The number of carboxylic acids is 1. The molecular formula is C12H22N2O3. The molecule has 5 heteroatoms. The van der Waals surface area contributed by atoms with Crippen molar-refractivity contribution < 1.29 is 14.7 Å². The molecule has 0 aliphatic carbocycles. The quantitative estimate of drug-likeness (QED) is 0.744. The van der Waals surface area contributed by atoms with Crippen LogP contribution in [-0.4, -0.2) is 47.6 Å². The Kier molecular flexibility index (Phi) is 5.41. The first-order chi connectivity index (χ1) is 8.00. The fourth-order valence-corrected chi connectivity index (χ4v) is 2.05. The summed E-state index contributed by atoms with van der Waals surface area (Å²) in [5, 5.41) is 11.6. The lowest BCUT2D eigenvalue weighted by atomic mass is 10.0. The van der Waals surface area contributed by atoms with Crippen molar-refractivity contribution in [3.8, 4) is 0 Å². The molecule has 1 saturated heterocycles. The maximum absolute atomic E-state index is 11.7. The Bertz CT molecular complexity index is 273. The number of likely N-dealkylation sites (tertiary alicyclic amines) is 1. The van der Waals surface area contributed by atoms with Crippen molar-refractivity contribution in [3.05, 3.63) is 0 Å². The lowest BCUT2D eigenvalue weighted by Gasteiger charge is -2.26. The van der Waals surface area contributed by atoms with E-state index in [2.05, 4.69) is 10.2 Å². The van der Waals surface area contributed by atoms with Gasteiger partial charge in [0.15, 0.2) is 0 Å². The first-order valence-corrected chi connectivity index (χ1v) is 6.25. The summed E-state index contributed by atoms with van der Waals surface area (Å²) in [6.45, 7) is 5.77. The predicted octanol–water partition coefficient (Wildman–Crippen LogP) is 0.698. The summed E-state index contributed by atoms with van der Waals surface area (Å²) >= 11 is 0. The SMILES string of the molecule is CC(C)C(NC(=O)CN1CCCCC1)C(=O)O. The molecule has 2 N–H and O–H groups in total. The van der Waals surface area contributed by atoms with Crippen LogP contribution in [0.3, 0.4) is 0 Å². The van der Waals surface area contributed by atoms with Crippen LogP contribution in [0, 0.1) is 5.92 Å². The van der Waals surface area contributed by atoms with E-state index in [4.69, 9.17) is 5.11 Å². The highest BCUT2D eigenvalue weighted by molar-refractivity contribution is 5.84. The molecule has 1 unspecified atom stereocenters. The minimum atomic E-state index is -0.966. The number of nitrogens with one attached hydrogen (secondary N) is 1. The molecule has 0 aromatic heterocycles. The molecule has 1 amide bonds. The highest BCUT2D eigenvalue weighted by Crippen LogP contribution is 2.08. The lowest BCUT2D eigenvalue weighted by Crippen LogP contribution is -2.48. The van der Waals surface area contributed by atoms with Gasteiger partial charge in [0.1, 0.15) is 6.04 Å². The van der Waals surface area contributed by atoms with Crippen LogP contribution in [0.1, 0.15) is 33.1 Å². The molecule has 17 heavy (non-hydrogen) atoms. The minimum absolute atomic E-state index is 0.0993. The van der Waals surface area contributed by atoms with E-state index in [1.54, 1.807) is 13.8 Å². The minimum Gasteiger partial charge on any atom is -0.480 e. The standard InChI is InChI=1S/C12H22N2O3/c1-9(2)11(12(16)17)13-10(15)8-14-6-4-3-5-7-14/h9,11H,3-8H2,1-2H3,(H,13,15)(H,16,17). The van der Waals surface area contributed by atoms with Gasteiger partial charge in [-0.15, -0.1) is 0 Å². The molecule has 0 aromatic rings. The van der Waals surface area contributed by atoms with Crippen LogP contribution in [0.4, 0.5) is 0 Å². The average molecular weight is 242 g/mol. The Labute approximate surface area is 102 Å². The highest BCUT2D eigenvalue weighted by atomic mass is 16.4. The number of carbonyl (C=O) groups is 2. The zero-order valence-corrected chi connectivity index (χ0v) is 10.6. The average Bonchev–Trinajstić information content (AvgIpc) is 2.26. The molecule has 1 aliphatic rings. The van der Waals surface area contributed by atoms with Gasteiger partial charge in [-0.25, -0.2) is 4.79 Å². The van der Waals surface area contributed by atoms with Gasteiger partial charge >= 0.3 is 5.97 Å². The van der Waals surface area contributed by atoms with Gasteiger partial charge in [-0.2, -0.15) is 0 Å². The molecule has 1 heterocycles. The number of hydrogen-bond donors (Lipinski definition) is 2. The Balaban J connectivity index is 2.38. The fraction of sp³-hybridized carbons (Fsp3) is 0.833. The maximum Gasteiger partial charge on any atom is 0.326 e. The molecule has 5 nitrogen and oxygen atoms in total. The zero-order valence-electron chi connectivity index (χ0n) is 10.6. The molecule has 0 spiro atoms. The summed E-state index contributed by atoms with van der Waals surface area (Å²) in [5.41, 5.74) is 0. The van der Waals surface area contributed by atoms with E-state index in [-0.39, 0.29) is 11.8 Å². The van der Waals surface area contributed by atoms with Gasteiger partial charge in [-0.3, -0.25) is 9.69 Å². The van der Waals surface area contributed by atoms with Crippen LogP contribution < -0.4 is 5.32 Å². The molecule has 98 valence electrons. The summed E-state index contributed by atoms with van der Waals surface area (Å²) in [5.74, 6) is -1.25. The molecule has 0 saturated carbocycles. The van der Waals surface area contributed by atoms with E-state index < -0.39 is 12.0 Å². The van der Waals surface area contributed by atoms with Gasteiger partial charge in [0, 0.05) is 0 Å².